The number of pyridine rings is 2. The van der Waals surface area contributed by atoms with E-state index in [2.05, 4.69) is 20.6 Å². The van der Waals surface area contributed by atoms with E-state index >= 15 is 0 Å². The van der Waals surface area contributed by atoms with Gasteiger partial charge in [-0.15, -0.1) is 22.7 Å². The first-order chi connectivity index (χ1) is 30.0. The minimum absolute atomic E-state index is 0. The Morgan fingerprint density at radius 2 is 1.22 bits per heavy atom. The molecule has 2 saturated heterocycles. The SMILES string of the molecule is CCOC(=O)CN1Cc2cc(/C=C/C(=O)N3CC(OCc4cccs4)C3)cnc2NC1=O.O=C([O-])CN1Cc2cc(/C=C/C(=O)N3CC(OCc4cccs4)C3)cnc2NC1=O.[Na+]. The van der Waals surface area contributed by atoms with Crippen molar-refractivity contribution in [2.24, 2.45) is 0 Å². The smallest absolute Gasteiger partial charge is 0.548 e. The van der Waals surface area contributed by atoms with Gasteiger partial charge < -0.3 is 43.7 Å². The van der Waals surface area contributed by atoms with E-state index in [-0.39, 0.29) is 79.8 Å². The van der Waals surface area contributed by atoms with Crippen molar-refractivity contribution in [3.8, 4) is 0 Å². The van der Waals surface area contributed by atoms with E-state index in [1.165, 1.54) is 21.9 Å². The van der Waals surface area contributed by atoms with Crippen molar-refractivity contribution in [2.75, 3.05) is 56.5 Å². The third kappa shape index (κ3) is 13.0. The second-order valence-electron chi connectivity index (χ2n) is 14.5. The molecule has 324 valence electrons. The summed E-state index contributed by atoms with van der Waals surface area (Å²) in [4.78, 5) is 87.9. The standard InChI is InChI=1S/C22H24N4O5S.C20H20N4O5S.Na/c1-2-30-20(28)13-26-10-16-8-15(9-23-21(16)24-22(26)29)5-6-19(27)25-11-17(12-25)31-14-18-4-3-7-32-18;25-17(23-9-15(10-23)29-12-16-2-1-5-30-16)4-3-13-6-14-8-24(11-18(26)27)20(28)22-19(14)21-7-13;/h3-9,17H,2,10-14H2,1H3,(H,23,24,29);1-7,15H,8-12H2,(H,26,27)(H,21,22,28);/q;;+1/p-1/b6-5+;4-3+;. The molecule has 0 aliphatic carbocycles. The largest absolute Gasteiger partial charge is 1.00 e. The van der Waals surface area contributed by atoms with E-state index in [1.54, 1.807) is 70.0 Å². The molecule has 18 nitrogen and oxygen atoms in total. The molecule has 2 N–H and O–H groups in total. The first-order valence-corrected chi connectivity index (χ1v) is 21.4. The zero-order chi connectivity index (χ0) is 43.6. The molecule has 4 aliphatic rings. The monoisotopic (exact) mass is 906 g/mol. The van der Waals surface area contributed by atoms with Crippen LogP contribution in [-0.2, 0) is 59.7 Å². The maximum Gasteiger partial charge on any atom is 1.00 e. The number of urea groups is 2. The van der Waals surface area contributed by atoms with Crippen molar-refractivity contribution in [3.05, 3.63) is 104 Å². The van der Waals surface area contributed by atoms with E-state index < -0.39 is 30.5 Å². The number of aliphatic carboxylic acids is 1. The molecular formula is C42H43N8NaO10S2. The zero-order valence-electron chi connectivity index (χ0n) is 34.6. The second kappa shape index (κ2) is 22.2. The fourth-order valence-electron chi connectivity index (χ4n) is 6.58. The maximum atomic E-state index is 12.4. The molecule has 4 aromatic rings. The van der Waals surface area contributed by atoms with Gasteiger partial charge in [-0.2, -0.15) is 0 Å². The van der Waals surface area contributed by atoms with Crippen LogP contribution in [0.25, 0.3) is 12.2 Å². The number of likely N-dealkylation sites (tertiary alicyclic amines) is 2. The average molecular weight is 907 g/mol. The minimum atomic E-state index is -1.34. The predicted molar refractivity (Wildman–Crippen MR) is 226 cm³/mol. The number of amides is 6. The summed E-state index contributed by atoms with van der Waals surface area (Å²) in [6.07, 6.45) is 9.57. The quantitative estimate of drug-likeness (QED) is 0.0929. The van der Waals surface area contributed by atoms with Crippen molar-refractivity contribution >= 4 is 82.3 Å². The summed E-state index contributed by atoms with van der Waals surface area (Å²) in [5, 5.41) is 20.0. The van der Waals surface area contributed by atoms with Gasteiger partial charge >= 0.3 is 47.6 Å². The number of nitrogens with one attached hydrogen (secondary N) is 2. The molecular weight excluding hydrogens is 864 g/mol. The van der Waals surface area contributed by atoms with Crippen LogP contribution < -0.4 is 45.3 Å². The van der Waals surface area contributed by atoms with Crippen LogP contribution in [0.4, 0.5) is 21.2 Å². The van der Waals surface area contributed by atoms with Crippen LogP contribution >= 0.6 is 22.7 Å². The van der Waals surface area contributed by atoms with Crippen LogP contribution in [0.5, 0.6) is 0 Å². The van der Waals surface area contributed by atoms with Crippen molar-refractivity contribution in [1.82, 2.24) is 29.6 Å². The van der Waals surface area contributed by atoms with Crippen LogP contribution in [0, 0.1) is 0 Å². The van der Waals surface area contributed by atoms with E-state index in [9.17, 15) is 33.9 Å². The molecule has 4 aromatic heterocycles. The first-order valence-electron chi connectivity index (χ1n) is 19.7. The van der Waals surface area contributed by atoms with Crippen molar-refractivity contribution in [1.29, 1.82) is 0 Å². The summed E-state index contributed by atoms with van der Waals surface area (Å²) < 4.78 is 16.5. The normalized spacial score (nSPS) is 15.9. The minimum Gasteiger partial charge on any atom is -0.548 e. The summed E-state index contributed by atoms with van der Waals surface area (Å²) in [6, 6.07) is 10.7. The van der Waals surface area contributed by atoms with Crippen molar-refractivity contribution < 1.29 is 77.6 Å². The summed E-state index contributed by atoms with van der Waals surface area (Å²) in [5.41, 5.74) is 2.83. The number of anilines is 2. The molecule has 0 bridgehead atoms. The predicted octanol–water partition coefficient (Wildman–Crippen LogP) is 0.180. The Labute approximate surface area is 392 Å². The molecule has 0 spiro atoms. The number of ether oxygens (including phenoxy) is 3. The number of carboxylic acids is 1. The molecule has 6 amide bonds. The van der Waals surface area contributed by atoms with Gasteiger partial charge in [-0.25, -0.2) is 19.6 Å². The first kappa shape index (κ1) is 47.0. The molecule has 8 rings (SSSR count). The summed E-state index contributed by atoms with van der Waals surface area (Å²) in [5.74, 6) is -1.17. The fraction of sp³-hybridized carbons (Fsp3) is 0.333. The van der Waals surface area contributed by atoms with Crippen molar-refractivity contribution in [2.45, 2.75) is 45.4 Å². The topological polar surface area (TPSA) is 216 Å². The van der Waals surface area contributed by atoms with Gasteiger partial charge in [0.05, 0.1) is 57.6 Å². The molecule has 21 heteroatoms. The summed E-state index contributed by atoms with van der Waals surface area (Å²) >= 11 is 3.30. The van der Waals surface area contributed by atoms with Gasteiger partial charge in [-0.1, -0.05) is 12.1 Å². The van der Waals surface area contributed by atoms with Crippen molar-refractivity contribution in [3.63, 3.8) is 0 Å². The number of hydrogen-bond acceptors (Lipinski definition) is 14. The molecule has 0 saturated carbocycles. The number of carbonyl (C=O) groups excluding carboxylic acids is 6. The molecule has 2 fully saturated rings. The molecule has 0 aromatic carbocycles. The maximum absolute atomic E-state index is 12.4. The molecule has 0 radical (unpaired) electrons. The van der Waals surface area contributed by atoms with Crippen LogP contribution in [0.2, 0.25) is 0 Å². The van der Waals surface area contributed by atoms with Crippen LogP contribution in [-0.4, -0.2) is 123 Å². The van der Waals surface area contributed by atoms with Gasteiger partial charge in [-0.05, 0) is 65.2 Å². The third-order valence-corrected chi connectivity index (χ3v) is 11.6. The average Bonchev–Trinajstić information content (AvgIpc) is 3.94. The number of nitrogens with zero attached hydrogens (tertiary/aromatic N) is 6. The van der Waals surface area contributed by atoms with Crippen LogP contribution in [0.15, 0.2) is 71.7 Å². The Morgan fingerprint density at radius 1 is 0.762 bits per heavy atom. The van der Waals surface area contributed by atoms with E-state index in [4.69, 9.17) is 14.2 Å². The molecule has 0 unspecified atom stereocenters. The Balaban J connectivity index is 0.000000207. The van der Waals surface area contributed by atoms with Crippen LogP contribution in [0.3, 0.4) is 0 Å². The van der Waals surface area contributed by atoms with Gasteiger partial charge in [0.1, 0.15) is 18.2 Å². The molecule has 4 aliphatic heterocycles. The number of fused-ring (bicyclic) bond motifs is 2. The Bertz CT molecular complexity index is 2330. The zero-order valence-corrected chi connectivity index (χ0v) is 38.2. The molecule has 63 heavy (non-hydrogen) atoms. The number of esters is 1. The molecule has 8 heterocycles. The summed E-state index contributed by atoms with van der Waals surface area (Å²) in [7, 11) is 0. The summed E-state index contributed by atoms with van der Waals surface area (Å²) in [6.45, 7) is 5.07. The molecule has 0 atom stereocenters. The van der Waals surface area contributed by atoms with E-state index in [0.717, 1.165) is 20.9 Å². The number of thiophene rings is 2. The van der Waals surface area contributed by atoms with E-state index in [0.29, 0.717) is 62.2 Å². The van der Waals surface area contributed by atoms with Gasteiger partial charge in [0.25, 0.3) is 0 Å². The van der Waals surface area contributed by atoms with Gasteiger partial charge in [0.15, 0.2) is 0 Å². The van der Waals surface area contributed by atoms with E-state index in [1.807, 2.05) is 41.1 Å². The Hall–Kier alpha value is -5.48. The number of carbonyl (C=O) groups is 6. The third-order valence-electron chi connectivity index (χ3n) is 9.91. The number of hydrogen-bond donors (Lipinski definition) is 2. The Morgan fingerprint density at radius 3 is 1.63 bits per heavy atom. The fourth-order valence-corrected chi connectivity index (χ4v) is 7.83. The number of carboxylic acid groups (broad SMARTS) is 1. The van der Waals surface area contributed by atoms with Gasteiger partial charge in [0, 0.05) is 71.6 Å². The second-order valence-corrected chi connectivity index (χ2v) is 16.5. The number of rotatable bonds is 15. The van der Waals surface area contributed by atoms with Gasteiger partial charge in [-0.3, -0.25) is 25.0 Å². The number of aromatic nitrogens is 2. The Kier molecular flexibility index (Phi) is 16.6. The van der Waals surface area contributed by atoms with Gasteiger partial charge in [0.2, 0.25) is 11.8 Å². The van der Waals surface area contributed by atoms with Crippen LogP contribution in [0.1, 0.15) is 38.9 Å².